The van der Waals surface area contributed by atoms with Gasteiger partial charge < -0.3 is 35.1 Å². The quantitative estimate of drug-likeness (QED) is 0.159. The molecule has 0 amide bonds. The Morgan fingerprint density at radius 1 is 0.710 bits per heavy atom. The zero-order valence-corrected chi connectivity index (χ0v) is 19.4. The highest BCUT2D eigenvalue weighted by Crippen LogP contribution is 2.38. The van der Waals surface area contributed by atoms with Crippen molar-refractivity contribution in [2.45, 2.75) is 82.9 Å². The second-order valence-corrected chi connectivity index (χ2v) is 14.0. The number of aliphatic carboxylic acids is 4. The first kappa shape index (κ1) is 29.0. The maximum Gasteiger partial charge on any atom is 0.317 e. The molecule has 180 valence electrons. The predicted octanol–water partition coefficient (Wildman–Crippen LogP) is 1.23. The Labute approximate surface area is 181 Å². The van der Waals surface area contributed by atoms with Crippen LogP contribution in [0.25, 0.3) is 0 Å². The van der Waals surface area contributed by atoms with Gasteiger partial charge in [-0.1, -0.05) is 20.8 Å². The first-order chi connectivity index (χ1) is 13.9. The monoisotopic (exact) mass is 466 g/mol. The van der Waals surface area contributed by atoms with Crippen molar-refractivity contribution in [3.05, 3.63) is 0 Å². The number of hydrogen-bond acceptors (Lipinski definition) is 7. The van der Waals surface area contributed by atoms with Gasteiger partial charge in [0, 0.05) is 6.10 Å². The molecule has 0 saturated carbocycles. The van der Waals surface area contributed by atoms with Crippen LogP contribution >= 0.6 is 0 Å². The fraction of sp³-hybridized carbons (Fsp3) is 0.789. The summed E-state index contributed by atoms with van der Waals surface area (Å²) in [6.45, 7) is 9.62. The molecular formula is C19H34O11Si. The summed E-state index contributed by atoms with van der Waals surface area (Å²) in [6, 6.07) is 0. The van der Waals surface area contributed by atoms with Crippen LogP contribution in [0.3, 0.4) is 0 Å². The van der Waals surface area contributed by atoms with E-state index in [9.17, 15) is 29.4 Å². The molecule has 0 aromatic heterocycles. The van der Waals surface area contributed by atoms with Crippen LogP contribution in [0, 0.1) is 11.8 Å². The largest absolute Gasteiger partial charge is 0.481 e. The molecule has 0 unspecified atom stereocenters. The van der Waals surface area contributed by atoms with Crippen LogP contribution in [0.1, 0.15) is 46.5 Å². The van der Waals surface area contributed by atoms with Gasteiger partial charge in [0.25, 0.3) is 0 Å². The van der Waals surface area contributed by atoms with E-state index in [-0.39, 0.29) is 17.9 Å². The molecule has 0 fully saturated rings. The minimum atomic E-state index is -2.46. The Bertz CT molecular complexity index is 586. The van der Waals surface area contributed by atoms with Crippen molar-refractivity contribution in [3.63, 3.8) is 0 Å². The lowest BCUT2D eigenvalue weighted by Gasteiger charge is -2.40. The van der Waals surface area contributed by atoms with Gasteiger partial charge in [-0.15, -0.1) is 0 Å². The molecular weight excluding hydrogens is 432 g/mol. The molecule has 0 heterocycles. The third-order valence-electron chi connectivity index (χ3n) is 5.55. The number of carboxylic acids is 4. The van der Waals surface area contributed by atoms with E-state index in [1.165, 1.54) is 0 Å². The van der Waals surface area contributed by atoms with E-state index in [2.05, 4.69) is 0 Å². The molecule has 0 aromatic rings. The summed E-state index contributed by atoms with van der Waals surface area (Å²) in [5, 5.41) is 56.3. The van der Waals surface area contributed by atoms with E-state index in [0.29, 0.717) is 0 Å². The van der Waals surface area contributed by atoms with Gasteiger partial charge >= 0.3 is 23.9 Å². The van der Waals surface area contributed by atoms with Crippen molar-refractivity contribution >= 4 is 32.2 Å². The van der Waals surface area contributed by atoms with E-state index in [4.69, 9.17) is 24.9 Å². The summed E-state index contributed by atoms with van der Waals surface area (Å²) < 4.78 is 6.18. The molecule has 0 aliphatic heterocycles. The molecule has 0 bridgehead atoms. The fourth-order valence-corrected chi connectivity index (χ4v) is 4.12. The number of carbonyl (C=O) groups is 4. The normalized spacial score (nSPS) is 14.6. The summed E-state index contributed by atoms with van der Waals surface area (Å²) in [5.74, 6) is -10.0. The summed E-state index contributed by atoms with van der Waals surface area (Å²) in [4.78, 5) is 44.3. The summed E-state index contributed by atoms with van der Waals surface area (Å²) in [5.41, 5.74) is 0. The van der Waals surface area contributed by atoms with Crippen LogP contribution in [0.5, 0.6) is 0 Å². The third-order valence-corrected chi connectivity index (χ3v) is 10.1. The molecule has 6 N–H and O–H groups in total. The second-order valence-electron chi connectivity index (χ2n) is 9.21. The lowest BCUT2D eigenvalue weighted by molar-refractivity contribution is -0.157. The Kier molecular flexibility index (Phi) is 10.8. The summed E-state index contributed by atoms with van der Waals surface area (Å²) >= 11 is 0. The summed E-state index contributed by atoms with van der Waals surface area (Å²) in [7, 11) is -2.46. The maximum atomic E-state index is 11.1. The highest BCUT2D eigenvalue weighted by atomic mass is 28.4. The highest BCUT2D eigenvalue weighted by Gasteiger charge is 2.41. The Morgan fingerprint density at radius 3 is 1.23 bits per heavy atom. The number of rotatable bonds is 14. The SMILES string of the molecule is CC(C)(C)[Si](C)(C)OC(C[C@H](O)CC(C(=O)O)C(=O)O)C[C@H](O)CC(C(=O)O)C(=O)O. The van der Waals surface area contributed by atoms with E-state index in [0.717, 1.165) is 0 Å². The topological polar surface area (TPSA) is 199 Å². The van der Waals surface area contributed by atoms with Crippen LogP contribution in [-0.2, 0) is 23.6 Å². The van der Waals surface area contributed by atoms with Crippen molar-refractivity contribution in [2.75, 3.05) is 0 Å². The molecule has 0 spiro atoms. The van der Waals surface area contributed by atoms with Crippen molar-refractivity contribution in [3.8, 4) is 0 Å². The van der Waals surface area contributed by atoms with Crippen molar-refractivity contribution in [1.82, 2.24) is 0 Å². The molecule has 12 heteroatoms. The van der Waals surface area contributed by atoms with Gasteiger partial charge in [-0.25, -0.2) is 0 Å². The van der Waals surface area contributed by atoms with Crippen molar-refractivity contribution in [2.24, 2.45) is 11.8 Å². The predicted molar refractivity (Wildman–Crippen MR) is 110 cm³/mol. The van der Waals surface area contributed by atoms with Crippen molar-refractivity contribution in [1.29, 1.82) is 0 Å². The molecule has 0 aliphatic rings. The zero-order valence-electron chi connectivity index (χ0n) is 18.4. The molecule has 31 heavy (non-hydrogen) atoms. The minimum Gasteiger partial charge on any atom is -0.481 e. The van der Waals surface area contributed by atoms with Crippen LogP contribution in [0.2, 0.25) is 18.1 Å². The Morgan fingerprint density at radius 2 is 1.00 bits per heavy atom. The zero-order chi connectivity index (χ0) is 24.7. The van der Waals surface area contributed by atoms with Crippen molar-refractivity contribution < 1.29 is 54.2 Å². The Balaban J connectivity index is 5.50. The van der Waals surface area contributed by atoms with Gasteiger partial charge in [0.2, 0.25) is 0 Å². The van der Waals surface area contributed by atoms with E-state index >= 15 is 0 Å². The Hall–Kier alpha value is -2.02. The average molecular weight is 467 g/mol. The molecule has 0 radical (unpaired) electrons. The molecule has 0 rings (SSSR count). The molecule has 2 atom stereocenters. The van der Waals surface area contributed by atoms with Gasteiger partial charge in [-0.05, 0) is 43.8 Å². The van der Waals surface area contributed by atoms with Gasteiger partial charge in [-0.3, -0.25) is 19.2 Å². The maximum absolute atomic E-state index is 11.1. The minimum absolute atomic E-state index is 0.203. The van der Waals surface area contributed by atoms with Crippen LogP contribution in [0.15, 0.2) is 0 Å². The second kappa shape index (κ2) is 11.6. The average Bonchev–Trinajstić information content (AvgIpc) is 2.54. The lowest BCUT2D eigenvalue weighted by Crippen LogP contribution is -2.46. The lowest BCUT2D eigenvalue weighted by atomic mass is 9.93. The smallest absolute Gasteiger partial charge is 0.317 e. The van der Waals surface area contributed by atoms with Gasteiger partial charge in [0.1, 0.15) is 0 Å². The highest BCUT2D eigenvalue weighted by molar-refractivity contribution is 6.74. The first-order valence-electron chi connectivity index (χ1n) is 9.84. The standard InChI is InChI=1S/C19H34O11Si/c1-19(2,3)31(4,5)30-12(6-10(20)8-13(15(22)23)16(24)25)7-11(21)9-14(17(26)27)18(28)29/h10-14,20-21H,6-9H2,1-5H3,(H,22,23)(H,24,25)(H,26,27)(H,28,29)/t10-,11-/m0/s1. The molecule has 0 aromatic carbocycles. The number of aliphatic hydroxyl groups excluding tert-OH is 2. The van der Waals surface area contributed by atoms with Gasteiger partial charge in [0.15, 0.2) is 20.2 Å². The van der Waals surface area contributed by atoms with Gasteiger partial charge in [0.05, 0.1) is 12.2 Å². The van der Waals surface area contributed by atoms with E-state index in [1.54, 1.807) is 0 Å². The first-order valence-corrected chi connectivity index (χ1v) is 12.7. The van der Waals surface area contributed by atoms with Crippen LogP contribution < -0.4 is 0 Å². The number of carboxylic acid groups (broad SMARTS) is 4. The van der Waals surface area contributed by atoms with Crippen LogP contribution in [0.4, 0.5) is 0 Å². The molecule has 0 aliphatic carbocycles. The van der Waals surface area contributed by atoms with Crippen LogP contribution in [-0.4, -0.2) is 81.1 Å². The van der Waals surface area contributed by atoms with E-state index in [1.807, 2.05) is 33.9 Å². The fourth-order valence-electron chi connectivity index (χ4n) is 2.74. The number of hydrogen-bond donors (Lipinski definition) is 6. The third kappa shape index (κ3) is 9.76. The molecule has 11 nitrogen and oxygen atoms in total. The van der Waals surface area contributed by atoms with Gasteiger partial charge in [-0.2, -0.15) is 0 Å². The van der Waals surface area contributed by atoms with E-state index < -0.39 is 75.2 Å². The number of aliphatic hydroxyl groups is 2. The summed E-state index contributed by atoms with van der Waals surface area (Å²) in [6.07, 6.45) is -5.19. The molecule has 0 saturated heterocycles.